The summed E-state index contributed by atoms with van der Waals surface area (Å²) >= 11 is 0. The smallest absolute Gasteiger partial charge is 0.175 e. The minimum atomic E-state index is 0.813. The Hall–Kier alpha value is -5.67. The molecule has 1 aromatic heterocycles. The highest BCUT2D eigenvalue weighted by atomic mass is 16.5. The number of hydrogen-bond acceptors (Lipinski definition) is 3. The molecule has 0 fully saturated rings. The fourth-order valence-corrected chi connectivity index (χ4v) is 5.99. The van der Waals surface area contributed by atoms with Gasteiger partial charge in [0.2, 0.25) is 0 Å². The van der Waals surface area contributed by atoms with E-state index in [0.717, 1.165) is 60.8 Å². The Morgan fingerprint density at radius 3 is 1.74 bits per heavy atom. The van der Waals surface area contributed by atoms with Crippen molar-refractivity contribution in [2.75, 3.05) is 4.90 Å². The van der Waals surface area contributed by atoms with Gasteiger partial charge < -0.3 is 9.42 Å². The van der Waals surface area contributed by atoms with Gasteiger partial charge in [-0.15, -0.1) is 0 Å². The second kappa shape index (κ2) is 10.1. The first-order valence-electron chi connectivity index (χ1n) is 14.1. The van der Waals surface area contributed by atoms with Crippen LogP contribution in [-0.2, 0) is 0 Å². The van der Waals surface area contributed by atoms with Crippen LogP contribution in [0.4, 0.5) is 17.1 Å². The molecule has 3 heteroatoms. The second-order valence-electron chi connectivity index (χ2n) is 10.5. The molecule has 0 unspecified atom stereocenters. The zero-order valence-electron chi connectivity index (χ0n) is 22.8. The first-order valence-corrected chi connectivity index (χ1v) is 14.1. The van der Waals surface area contributed by atoms with Gasteiger partial charge in [-0.1, -0.05) is 126 Å². The van der Waals surface area contributed by atoms with E-state index in [1.165, 1.54) is 11.1 Å². The molecule has 0 saturated carbocycles. The van der Waals surface area contributed by atoms with Crippen LogP contribution in [0.1, 0.15) is 0 Å². The Morgan fingerprint density at radius 1 is 0.452 bits per heavy atom. The van der Waals surface area contributed by atoms with Gasteiger partial charge in [0, 0.05) is 27.7 Å². The van der Waals surface area contributed by atoms with Crippen LogP contribution in [0.3, 0.4) is 0 Å². The molecule has 0 N–H and O–H groups in total. The molecule has 42 heavy (non-hydrogen) atoms. The third-order valence-electron chi connectivity index (χ3n) is 7.97. The number of fused-ring (bicyclic) bond motifs is 5. The number of anilines is 3. The maximum atomic E-state index is 6.09. The van der Waals surface area contributed by atoms with Crippen molar-refractivity contribution in [2.45, 2.75) is 0 Å². The molecule has 8 aromatic rings. The van der Waals surface area contributed by atoms with Crippen LogP contribution in [0.25, 0.3) is 54.9 Å². The lowest BCUT2D eigenvalue weighted by Crippen LogP contribution is -2.10. The molecular weight excluding hydrogens is 512 g/mol. The number of hydrogen-bond donors (Lipinski definition) is 0. The summed E-state index contributed by atoms with van der Waals surface area (Å²) in [6.45, 7) is 0. The molecule has 0 aliphatic heterocycles. The van der Waals surface area contributed by atoms with Crippen molar-refractivity contribution in [1.82, 2.24) is 5.16 Å². The predicted octanol–water partition coefficient (Wildman–Crippen LogP) is 10.9. The maximum Gasteiger partial charge on any atom is 0.175 e. The summed E-state index contributed by atoms with van der Waals surface area (Å²) in [7, 11) is 0. The molecule has 0 atom stereocenters. The van der Waals surface area contributed by atoms with E-state index in [-0.39, 0.29) is 0 Å². The number of aromatic nitrogens is 1. The highest BCUT2D eigenvalue weighted by Gasteiger charge is 2.20. The molecular formula is C39H26N2O. The third kappa shape index (κ3) is 4.03. The molecule has 0 spiro atoms. The van der Waals surface area contributed by atoms with Gasteiger partial charge in [-0.25, -0.2) is 0 Å². The van der Waals surface area contributed by atoms with Gasteiger partial charge in [-0.05, 0) is 58.3 Å². The standard InChI is InChI=1S/C39H26N2O/c1-4-12-27(13-5-1)28-20-23-32(24-21-28)41(31-16-8-3-9-17-31)36-26-30-22-25-35-38(29-14-6-2-7-15-29)40-42-39(35)37(30)34-19-11-10-18-33(34)36/h1-26H. The Labute approximate surface area is 243 Å². The SMILES string of the molecule is c1ccc(-c2ccc(N(c3ccccc3)c3cc4ccc5c(-c6ccccc6)noc5c4c4ccccc34)cc2)cc1. The summed E-state index contributed by atoms with van der Waals surface area (Å²) < 4.78 is 6.09. The van der Waals surface area contributed by atoms with Crippen LogP contribution < -0.4 is 4.90 Å². The zero-order valence-corrected chi connectivity index (χ0v) is 22.8. The molecule has 3 nitrogen and oxygen atoms in total. The molecule has 7 aromatic carbocycles. The van der Waals surface area contributed by atoms with Crippen molar-refractivity contribution in [3.05, 3.63) is 158 Å². The van der Waals surface area contributed by atoms with Crippen molar-refractivity contribution in [1.29, 1.82) is 0 Å². The number of para-hydroxylation sites is 1. The van der Waals surface area contributed by atoms with E-state index in [2.05, 4.69) is 150 Å². The number of benzene rings is 7. The number of rotatable bonds is 5. The van der Waals surface area contributed by atoms with Crippen molar-refractivity contribution >= 4 is 49.6 Å². The molecule has 8 rings (SSSR count). The fraction of sp³-hybridized carbons (Fsp3) is 0. The minimum absolute atomic E-state index is 0.813. The number of nitrogens with zero attached hydrogens (tertiary/aromatic N) is 2. The summed E-state index contributed by atoms with van der Waals surface area (Å²) in [5.74, 6) is 0. The first kappa shape index (κ1) is 24.2. The summed E-state index contributed by atoms with van der Waals surface area (Å²) in [4.78, 5) is 2.34. The summed E-state index contributed by atoms with van der Waals surface area (Å²) in [5, 5.41) is 10.00. The highest BCUT2D eigenvalue weighted by Crippen LogP contribution is 2.44. The van der Waals surface area contributed by atoms with Crippen LogP contribution in [0.15, 0.2) is 162 Å². The Kier molecular flexibility index (Phi) is 5.79. The highest BCUT2D eigenvalue weighted by molar-refractivity contribution is 6.23. The largest absolute Gasteiger partial charge is 0.355 e. The molecule has 0 aliphatic rings. The van der Waals surface area contributed by atoms with Crippen LogP contribution in [0, 0.1) is 0 Å². The van der Waals surface area contributed by atoms with Crippen LogP contribution in [0.5, 0.6) is 0 Å². The van der Waals surface area contributed by atoms with E-state index in [4.69, 9.17) is 4.52 Å². The van der Waals surface area contributed by atoms with Gasteiger partial charge in [-0.3, -0.25) is 0 Å². The van der Waals surface area contributed by atoms with Crippen LogP contribution in [0.2, 0.25) is 0 Å². The van der Waals surface area contributed by atoms with Crippen molar-refractivity contribution in [2.24, 2.45) is 0 Å². The summed E-state index contributed by atoms with van der Waals surface area (Å²) in [6, 6.07) is 55.3. The van der Waals surface area contributed by atoms with E-state index in [9.17, 15) is 0 Å². The van der Waals surface area contributed by atoms with Gasteiger partial charge in [0.15, 0.2) is 5.58 Å². The monoisotopic (exact) mass is 538 g/mol. The normalized spacial score (nSPS) is 11.3. The Bertz CT molecular complexity index is 2170. The second-order valence-corrected chi connectivity index (χ2v) is 10.5. The van der Waals surface area contributed by atoms with Crippen molar-refractivity contribution < 1.29 is 4.52 Å². The van der Waals surface area contributed by atoms with Crippen LogP contribution >= 0.6 is 0 Å². The topological polar surface area (TPSA) is 29.3 Å². The van der Waals surface area contributed by atoms with Gasteiger partial charge in [0.05, 0.1) is 11.1 Å². The van der Waals surface area contributed by atoms with E-state index < -0.39 is 0 Å². The fourth-order valence-electron chi connectivity index (χ4n) is 5.99. The van der Waals surface area contributed by atoms with E-state index >= 15 is 0 Å². The van der Waals surface area contributed by atoms with Gasteiger partial charge >= 0.3 is 0 Å². The lowest BCUT2D eigenvalue weighted by atomic mass is 9.96. The Balaban J connectivity index is 1.36. The average Bonchev–Trinajstić information content (AvgIpc) is 3.51. The van der Waals surface area contributed by atoms with Gasteiger partial charge in [0.1, 0.15) is 5.69 Å². The summed E-state index contributed by atoms with van der Waals surface area (Å²) in [6.07, 6.45) is 0. The molecule has 0 radical (unpaired) electrons. The lowest BCUT2D eigenvalue weighted by molar-refractivity contribution is 0.462. The molecule has 1 heterocycles. The van der Waals surface area contributed by atoms with Gasteiger partial charge in [0.25, 0.3) is 0 Å². The van der Waals surface area contributed by atoms with Crippen LogP contribution in [-0.4, -0.2) is 5.16 Å². The van der Waals surface area contributed by atoms with Gasteiger partial charge in [-0.2, -0.15) is 0 Å². The Morgan fingerprint density at radius 2 is 1.02 bits per heavy atom. The molecule has 0 saturated heterocycles. The maximum absolute atomic E-state index is 6.09. The third-order valence-corrected chi connectivity index (χ3v) is 7.97. The van der Waals surface area contributed by atoms with E-state index in [1.54, 1.807) is 0 Å². The van der Waals surface area contributed by atoms with E-state index in [1.807, 2.05) is 18.2 Å². The molecule has 0 bridgehead atoms. The quantitative estimate of drug-likeness (QED) is 0.204. The molecule has 198 valence electrons. The minimum Gasteiger partial charge on any atom is -0.355 e. The molecule has 0 aliphatic carbocycles. The average molecular weight is 539 g/mol. The summed E-state index contributed by atoms with van der Waals surface area (Å²) in [5.41, 5.74) is 8.43. The van der Waals surface area contributed by atoms with Crippen molar-refractivity contribution in [3.8, 4) is 22.4 Å². The zero-order chi connectivity index (χ0) is 27.9. The lowest BCUT2D eigenvalue weighted by Gasteiger charge is -2.27. The van der Waals surface area contributed by atoms with E-state index in [0.29, 0.717) is 0 Å². The molecule has 0 amide bonds. The van der Waals surface area contributed by atoms with Crippen molar-refractivity contribution in [3.63, 3.8) is 0 Å². The predicted molar refractivity (Wildman–Crippen MR) is 175 cm³/mol. The first-order chi connectivity index (χ1) is 20.8.